The monoisotopic (exact) mass is 226 g/mol. The minimum absolute atomic E-state index is 0.187. The Morgan fingerprint density at radius 2 is 1.93 bits per heavy atom. The maximum atomic E-state index is 11.2. The van der Waals surface area contributed by atoms with Gasteiger partial charge in [0.1, 0.15) is 6.61 Å². The predicted octanol–water partition coefficient (Wildman–Crippen LogP) is -0.564. The van der Waals surface area contributed by atoms with Gasteiger partial charge < -0.3 is 9.84 Å². The molecule has 0 saturated heterocycles. The second-order valence-corrected chi connectivity index (χ2v) is 4.92. The van der Waals surface area contributed by atoms with Crippen LogP contribution in [0.3, 0.4) is 0 Å². The van der Waals surface area contributed by atoms with Crippen molar-refractivity contribution in [3.05, 3.63) is 0 Å². The molecule has 0 fully saturated rings. The molecule has 0 radical (unpaired) electrons. The summed E-state index contributed by atoms with van der Waals surface area (Å²) in [4.78, 5) is 11.2. The van der Waals surface area contributed by atoms with Gasteiger partial charge in [0.25, 0.3) is 10.1 Å². The lowest BCUT2D eigenvalue weighted by Gasteiger charge is -2.20. The van der Waals surface area contributed by atoms with Gasteiger partial charge in [-0.05, 0) is 13.8 Å². The number of hydrogen-bond acceptors (Lipinski definition) is 5. The fraction of sp³-hybridized carbons (Fsp3) is 0.857. The summed E-state index contributed by atoms with van der Waals surface area (Å²) in [7, 11) is -4.22. The summed E-state index contributed by atoms with van der Waals surface area (Å²) >= 11 is 0. The first-order valence-electron chi connectivity index (χ1n) is 3.92. The van der Waals surface area contributed by atoms with E-state index in [9.17, 15) is 13.2 Å². The van der Waals surface area contributed by atoms with E-state index >= 15 is 0 Å². The molecule has 0 spiro atoms. The molecule has 0 aromatic carbocycles. The minimum Gasteiger partial charge on any atom is -0.463 e. The average molecular weight is 226 g/mol. The fourth-order valence-corrected chi connectivity index (χ4v) is 1.88. The predicted molar refractivity (Wildman–Crippen MR) is 48.2 cm³/mol. The summed E-state index contributed by atoms with van der Waals surface area (Å²) in [6, 6.07) is 0. The van der Waals surface area contributed by atoms with Crippen LogP contribution in [0.1, 0.15) is 13.8 Å². The highest BCUT2D eigenvalue weighted by atomic mass is 32.2. The van der Waals surface area contributed by atoms with Gasteiger partial charge in [0.05, 0.1) is 17.8 Å². The molecule has 7 heteroatoms. The summed E-state index contributed by atoms with van der Waals surface area (Å²) in [6.07, 6.45) is 0. The molecule has 0 aliphatic carbocycles. The van der Waals surface area contributed by atoms with Gasteiger partial charge in [0.15, 0.2) is 0 Å². The van der Waals surface area contributed by atoms with Crippen LogP contribution >= 0.6 is 0 Å². The number of aliphatic hydroxyl groups excluding tert-OH is 1. The zero-order chi connectivity index (χ0) is 11.4. The van der Waals surface area contributed by atoms with Crippen molar-refractivity contribution in [2.75, 3.05) is 19.0 Å². The molecule has 0 rings (SSSR count). The number of hydrogen-bond donors (Lipinski definition) is 2. The molecule has 0 aromatic heterocycles. The Hall–Kier alpha value is -0.660. The first-order chi connectivity index (χ1) is 6.19. The molecular formula is C7H14O6S. The lowest BCUT2D eigenvalue weighted by Crippen LogP contribution is -2.34. The lowest BCUT2D eigenvalue weighted by atomic mass is 9.97. The number of carbonyl (C=O) groups excluding carboxylic acids is 1. The first-order valence-corrected chi connectivity index (χ1v) is 5.53. The maximum absolute atomic E-state index is 11.2. The second kappa shape index (κ2) is 4.72. The van der Waals surface area contributed by atoms with Crippen LogP contribution in [0, 0.1) is 5.41 Å². The fourth-order valence-electron chi connectivity index (χ4n) is 0.849. The van der Waals surface area contributed by atoms with Crippen molar-refractivity contribution in [3.63, 3.8) is 0 Å². The van der Waals surface area contributed by atoms with Gasteiger partial charge in [-0.1, -0.05) is 0 Å². The van der Waals surface area contributed by atoms with Crippen molar-refractivity contribution in [3.8, 4) is 0 Å². The summed E-state index contributed by atoms with van der Waals surface area (Å²) in [5.41, 5.74) is -1.32. The normalized spacial score (nSPS) is 12.6. The summed E-state index contributed by atoms with van der Waals surface area (Å²) in [5.74, 6) is -1.48. The molecule has 0 atom stereocenters. The van der Waals surface area contributed by atoms with E-state index in [0.29, 0.717) is 0 Å². The minimum atomic E-state index is -4.22. The van der Waals surface area contributed by atoms with Crippen LogP contribution in [0.2, 0.25) is 0 Å². The summed E-state index contributed by atoms with van der Waals surface area (Å²) in [6.45, 7) is 2.16. The molecule has 0 heterocycles. The van der Waals surface area contributed by atoms with Gasteiger partial charge >= 0.3 is 5.97 Å². The van der Waals surface area contributed by atoms with E-state index in [2.05, 4.69) is 4.74 Å². The topological polar surface area (TPSA) is 101 Å². The van der Waals surface area contributed by atoms with E-state index in [1.54, 1.807) is 0 Å². The van der Waals surface area contributed by atoms with E-state index in [1.807, 2.05) is 0 Å². The third-order valence-electron chi connectivity index (χ3n) is 1.42. The SMILES string of the molecule is CC(C)(CS(=O)(=O)O)C(=O)OCCO. The molecule has 2 N–H and O–H groups in total. The Balaban J connectivity index is 4.38. The number of esters is 1. The second-order valence-electron chi connectivity index (χ2n) is 3.47. The number of rotatable bonds is 5. The molecule has 0 amide bonds. The quantitative estimate of drug-likeness (QED) is 0.481. The lowest BCUT2D eigenvalue weighted by molar-refractivity contribution is -0.153. The van der Waals surface area contributed by atoms with Gasteiger partial charge in [0.2, 0.25) is 0 Å². The Bertz CT molecular complexity index is 291. The van der Waals surface area contributed by atoms with E-state index < -0.39 is 27.3 Å². The van der Waals surface area contributed by atoms with Crippen molar-refractivity contribution in [2.24, 2.45) is 5.41 Å². The largest absolute Gasteiger partial charge is 0.463 e. The van der Waals surface area contributed by atoms with Gasteiger partial charge in [-0.2, -0.15) is 8.42 Å². The summed E-state index contributed by atoms with van der Waals surface area (Å²) < 4.78 is 34.1. The van der Waals surface area contributed by atoms with Gasteiger partial charge in [-0.15, -0.1) is 0 Å². The van der Waals surface area contributed by atoms with Crippen LogP contribution in [0.15, 0.2) is 0 Å². The third-order valence-corrected chi connectivity index (χ3v) is 2.51. The van der Waals surface area contributed by atoms with Crippen molar-refractivity contribution in [1.82, 2.24) is 0 Å². The molecule has 0 aliphatic heterocycles. The number of carbonyl (C=O) groups is 1. The van der Waals surface area contributed by atoms with Crippen LogP contribution in [-0.4, -0.2) is 43.0 Å². The average Bonchev–Trinajstić information content (AvgIpc) is 1.95. The molecule has 6 nitrogen and oxygen atoms in total. The highest BCUT2D eigenvalue weighted by Gasteiger charge is 2.34. The first kappa shape index (κ1) is 13.3. The van der Waals surface area contributed by atoms with Crippen molar-refractivity contribution in [2.45, 2.75) is 13.8 Å². The van der Waals surface area contributed by atoms with E-state index in [4.69, 9.17) is 9.66 Å². The Labute approximate surface area is 82.6 Å². The van der Waals surface area contributed by atoms with E-state index in [1.165, 1.54) is 13.8 Å². The highest BCUT2D eigenvalue weighted by molar-refractivity contribution is 7.85. The zero-order valence-electron chi connectivity index (χ0n) is 8.06. The molecule has 0 aromatic rings. The van der Waals surface area contributed by atoms with Crippen LogP contribution in [0.4, 0.5) is 0 Å². The van der Waals surface area contributed by atoms with Crippen molar-refractivity contribution in [1.29, 1.82) is 0 Å². The highest BCUT2D eigenvalue weighted by Crippen LogP contribution is 2.19. The van der Waals surface area contributed by atoms with Gasteiger partial charge in [-0.25, -0.2) is 0 Å². The smallest absolute Gasteiger partial charge is 0.312 e. The Kier molecular flexibility index (Phi) is 4.50. The van der Waals surface area contributed by atoms with Gasteiger partial charge in [-0.3, -0.25) is 9.35 Å². The molecule has 0 saturated carbocycles. The molecule has 14 heavy (non-hydrogen) atoms. The molecule has 0 bridgehead atoms. The van der Waals surface area contributed by atoms with Crippen LogP contribution in [0.5, 0.6) is 0 Å². The molecule has 0 unspecified atom stereocenters. The number of ether oxygens (including phenoxy) is 1. The summed E-state index contributed by atoms with van der Waals surface area (Å²) in [5, 5.41) is 8.37. The van der Waals surface area contributed by atoms with E-state index in [0.717, 1.165) is 0 Å². The standard InChI is InChI=1S/C7H14O6S/c1-7(2,5-14(10,11)12)6(9)13-4-3-8/h8H,3-5H2,1-2H3,(H,10,11,12). The van der Waals surface area contributed by atoms with Crippen molar-refractivity contribution < 1.29 is 27.6 Å². The maximum Gasteiger partial charge on any atom is 0.312 e. The van der Waals surface area contributed by atoms with Gasteiger partial charge in [0, 0.05) is 0 Å². The van der Waals surface area contributed by atoms with E-state index in [-0.39, 0.29) is 13.2 Å². The third kappa shape index (κ3) is 5.15. The Morgan fingerprint density at radius 3 is 2.29 bits per heavy atom. The van der Waals surface area contributed by atoms with Crippen LogP contribution in [0.25, 0.3) is 0 Å². The molecular weight excluding hydrogens is 212 g/mol. The number of aliphatic hydroxyl groups is 1. The van der Waals surface area contributed by atoms with Crippen molar-refractivity contribution >= 4 is 16.1 Å². The van der Waals surface area contributed by atoms with Crippen LogP contribution in [-0.2, 0) is 19.6 Å². The molecule has 84 valence electrons. The zero-order valence-corrected chi connectivity index (χ0v) is 8.87. The molecule has 0 aliphatic rings. The van der Waals surface area contributed by atoms with Crippen LogP contribution < -0.4 is 0 Å². The Morgan fingerprint density at radius 1 is 1.43 bits per heavy atom.